The lowest BCUT2D eigenvalue weighted by molar-refractivity contribution is -0.138. The Morgan fingerprint density at radius 3 is 2.79 bits per heavy atom. The first-order valence-electron chi connectivity index (χ1n) is 12.0. The maximum atomic E-state index is 13.9. The van der Waals surface area contributed by atoms with Gasteiger partial charge in [-0.2, -0.15) is 0 Å². The fourth-order valence-corrected chi connectivity index (χ4v) is 6.85. The molecule has 1 saturated carbocycles. The van der Waals surface area contributed by atoms with Crippen molar-refractivity contribution in [2.24, 2.45) is 23.2 Å². The highest BCUT2D eigenvalue weighted by atomic mass is 32.1. The van der Waals surface area contributed by atoms with Gasteiger partial charge in [0.2, 0.25) is 11.8 Å². The number of thiazole rings is 1. The molecule has 1 spiro atoms. The fraction of sp³-hybridized carbons (Fsp3) is 0.667. The molecule has 5 heterocycles. The van der Waals surface area contributed by atoms with Crippen LogP contribution < -0.4 is 0 Å². The highest BCUT2D eigenvalue weighted by molar-refractivity contribution is 7.09. The van der Waals surface area contributed by atoms with Gasteiger partial charge < -0.3 is 19.1 Å². The molecule has 3 aliphatic heterocycles. The highest BCUT2D eigenvalue weighted by Crippen LogP contribution is 2.55. The molecule has 4 aliphatic rings. The summed E-state index contributed by atoms with van der Waals surface area (Å²) in [6.07, 6.45) is 4.68. The number of hydrogen-bond acceptors (Lipinski definition) is 6. The molecule has 2 aromatic heterocycles. The lowest BCUT2D eigenvalue weighted by Gasteiger charge is -2.27. The molecule has 0 bridgehead atoms. The first-order chi connectivity index (χ1) is 15.9. The lowest BCUT2D eigenvalue weighted by Crippen LogP contribution is -2.40. The predicted molar refractivity (Wildman–Crippen MR) is 123 cm³/mol. The molecule has 1 aliphatic carbocycles. The molecule has 4 fully saturated rings. The van der Waals surface area contributed by atoms with Gasteiger partial charge in [0.1, 0.15) is 0 Å². The summed E-state index contributed by atoms with van der Waals surface area (Å²) in [5.41, 5.74) is 1.27. The number of fused-ring (bicyclic) bond motifs is 1. The van der Waals surface area contributed by atoms with E-state index >= 15 is 0 Å². The lowest BCUT2D eigenvalue weighted by atomic mass is 9.75. The van der Waals surface area contributed by atoms with E-state index < -0.39 is 5.41 Å². The number of carbonyl (C=O) groups is 2. The normalized spacial score (nSPS) is 33.0. The number of rotatable bonds is 5. The van der Waals surface area contributed by atoms with E-state index in [9.17, 15) is 9.59 Å². The predicted octanol–water partition coefficient (Wildman–Crippen LogP) is 2.47. The Balaban J connectivity index is 1.28. The third kappa shape index (κ3) is 3.34. The summed E-state index contributed by atoms with van der Waals surface area (Å²) in [6.45, 7) is 9.92. The second-order valence-electron chi connectivity index (χ2n) is 10.5. The van der Waals surface area contributed by atoms with Crippen LogP contribution in [0.15, 0.2) is 17.9 Å². The molecule has 8 nitrogen and oxygen atoms in total. The van der Waals surface area contributed by atoms with Gasteiger partial charge in [-0.1, -0.05) is 0 Å². The summed E-state index contributed by atoms with van der Waals surface area (Å²) in [5, 5.41) is 3.05. The van der Waals surface area contributed by atoms with E-state index in [2.05, 4.69) is 29.6 Å². The number of carbonyl (C=O) groups excluding carboxylic acids is 2. The topological polar surface area (TPSA) is 80.6 Å². The average Bonchev–Trinajstić information content (AvgIpc) is 3.43. The molecule has 5 atom stereocenters. The van der Waals surface area contributed by atoms with Crippen molar-refractivity contribution in [1.82, 2.24) is 24.3 Å². The van der Waals surface area contributed by atoms with E-state index in [-0.39, 0.29) is 23.7 Å². The summed E-state index contributed by atoms with van der Waals surface area (Å²) < 4.78 is 7.59. The van der Waals surface area contributed by atoms with Gasteiger partial charge in [0.15, 0.2) is 0 Å². The molecule has 2 amide bonds. The molecular formula is C24H31N5O3S. The summed E-state index contributed by atoms with van der Waals surface area (Å²) in [5.74, 6) is 1.10. The van der Waals surface area contributed by atoms with Crippen molar-refractivity contribution >= 4 is 23.2 Å². The van der Waals surface area contributed by atoms with Gasteiger partial charge in [-0.3, -0.25) is 9.59 Å². The minimum absolute atomic E-state index is 0.0772. The second kappa shape index (κ2) is 7.63. The van der Waals surface area contributed by atoms with Gasteiger partial charge in [-0.05, 0) is 39.0 Å². The second-order valence-corrected chi connectivity index (χ2v) is 11.6. The van der Waals surface area contributed by atoms with Gasteiger partial charge >= 0.3 is 0 Å². The number of aromatic nitrogens is 3. The van der Waals surface area contributed by atoms with Crippen LogP contribution in [0.5, 0.6) is 0 Å². The van der Waals surface area contributed by atoms with E-state index in [0.29, 0.717) is 57.3 Å². The number of amides is 2. The van der Waals surface area contributed by atoms with E-state index in [0.717, 1.165) is 22.8 Å². The Bertz CT molecular complexity index is 1090. The Morgan fingerprint density at radius 2 is 2.12 bits per heavy atom. The number of imidazole rings is 1. The van der Waals surface area contributed by atoms with Crippen LogP contribution in [0.4, 0.5) is 0 Å². The maximum absolute atomic E-state index is 13.9. The zero-order valence-electron chi connectivity index (χ0n) is 19.4. The van der Waals surface area contributed by atoms with Crippen molar-refractivity contribution in [2.75, 3.05) is 32.8 Å². The molecule has 0 aromatic carbocycles. The van der Waals surface area contributed by atoms with Crippen LogP contribution >= 0.6 is 11.3 Å². The highest BCUT2D eigenvalue weighted by Gasteiger charge is 2.63. The molecule has 9 heteroatoms. The van der Waals surface area contributed by atoms with Crippen molar-refractivity contribution in [3.05, 3.63) is 34.3 Å². The third-order valence-electron chi connectivity index (χ3n) is 8.23. The molecule has 0 radical (unpaired) electrons. The summed E-state index contributed by atoms with van der Waals surface area (Å²) in [7, 11) is 0. The SMILES string of the molecule is Cc1nc(CN2CC[C@]3(CN(C(=O)C4[C@H]5COC[C@@H]45)C[C@@H]3c3cn(C(C)C)cn3)C2=O)cs1. The van der Waals surface area contributed by atoms with Crippen LogP contribution in [0.1, 0.15) is 48.6 Å². The summed E-state index contributed by atoms with van der Waals surface area (Å²) in [4.78, 5) is 40.6. The number of likely N-dealkylation sites (tertiary alicyclic amines) is 2. The zero-order valence-corrected chi connectivity index (χ0v) is 20.3. The van der Waals surface area contributed by atoms with Crippen LogP contribution in [0.2, 0.25) is 0 Å². The van der Waals surface area contributed by atoms with Gasteiger partial charge in [0.05, 0.1) is 47.9 Å². The van der Waals surface area contributed by atoms with E-state index in [1.165, 1.54) is 0 Å². The number of hydrogen-bond donors (Lipinski definition) is 0. The Labute approximate surface area is 197 Å². The molecule has 176 valence electrons. The number of nitrogens with zero attached hydrogens (tertiary/aromatic N) is 5. The van der Waals surface area contributed by atoms with Crippen LogP contribution in [0.25, 0.3) is 0 Å². The van der Waals surface area contributed by atoms with Gasteiger partial charge in [-0.25, -0.2) is 9.97 Å². The minimum atomic E-state index is -0.600. The van der Waals surface area contributed by atoms with Crippen LogP contribution in [0, 0.1) is 30.1 Å². The maximum Gasteiger partial charge on any atom is 0.231 e. The molecule has 6 rings (SSSR count). The van der Waals surface area contributed by atoms with Crippen LogP contribution in [0.3, 0.4) is 0 Å². The van der Waals surface area contributed by atoms with Gasteiger partial charge in [0.25, 0.3) is 0 Å². The molecule has 1 unspecified atom stereocenters. The van der Waals surface area contributed by atoms with Crippen molar-refractivity contribution in [2.45, 2.75) is 45.7 Å². The van der Waals surface area contributed by atoms with Gasteiger partial charge in [0, 0.05) is 49.1 Å². The van der Waals surface area contributed by atoms with Crippen LogP contribution in [-0.4, -0.2) is 69.0 Å². The molecule has 33 heavy (non-hydrogen) atoms. The van der Waals surface area contributed by atoms with Crippen molar-refractivity contribution in [3.8, 4) is 0 Å². The largest absolute Gasteiger partial charge is 0.381 e. The molecule has 0 N–H and O–H groups in total. The first kappa shape index (κ1) is 21.3. The van der Waals surface area contributed by atoms with Gasteiger partial charge in [-0.15, -0.1) is 11.3 Å². The standard InChI is InChI=1S/C24H31N5O3S/c1-14(2)29-8-20(25-13-29)19-7-28(22(30)21-17-9-32-10-18(17)21)12-24(19)4-5-27(23(24)31)6-16-11-33-15(3)26-16/h8,11,13-14,17-19,21H,4-7,9-10,12H2,1-3H3/t17-,18+,19-,21?,24-/m1/s1. The molecular weight excluding hydrogens is 438 g/mol. The Morgan fingerprint density at radius 1 is 1.33 bits per heavy atom. The third-order valence-corrected chi connectivity index (χ3v) is 9.05. The van der Waals surface area contributed by atoms with E-state index in [1.807, 2.05) is 28.4 Å². The number of ether oxygens (including phenoxy) is 1. The fourth-order valence-electron chi connectivity index (χ4n) is 6.24. The molecule has 3 saturated heterocycles. The minimum Gasteiger partial charge on any atom is -0.381 e. The van der Waals surface area contributed by atoms with Crippen molar-refractivity contribution < 1.29 is 14.3 Å². The first-order valence-corrected chi connectivity index (χ1v) is 12.9. The Hall–Kier alpha value is -2.26. The zero-order chi connectivity index (χ0) is 22.9. The van der Waals surface area contributed by atoms with E-state index in [1.54, 1.807) is 11.3 Å². The van der Waals surface area contributed by atoms with E-state index in [4.69, 9.17) is 9.72 Å². The quantitative estimate of drug-likeness (QED) is 0.672. The van der Waals surface area contributed by atoms with Crippen molar-refractivity contribution in [3.63, 3.8) is 0 Å². The summed E-state index contributed by atoms with van der Waals surface area (Å²) in [6, 6.07) is 0.302. The van der Waals surface area contributed by atoms with Crippen LogP contribution in [-0.2, 0) is 20.9 Å². The molecule has 2 aromatic rings. The Kier molecular flexibility index (Phi) is 4.92. The average molecular weight is 470 g/mol. The monoisotopic (exact) mass is 469 g/mol. The number of aryl methyl sites for hydroxylation is 1. The summed E-state index contributed by atoms with van der Waals surface area (Å²) >= 11 is 1.61. The van der Waals surface area contributed by atoms with Crippen molar-refractivity contribution in [1.29, 1.82) is 0 Å². The smallest absolute Gasteiger partial charge is 0.231 e.